The van der Waals surface area contributed by atoms with Gasteiger partial charge in [-0.2, -0.15) is 5.10 Å². The van der Waals surface area contributed by atoms with Gasteiger partial charge >= 0.3 is 0 Å². The maximum absolute atomic E-state index is 4.24. The van der Waals surface area contributed by atoms with E-state index in [4.69, 9.17) is 0 Å². The van der Waals surface area contributed by atoms with E-state index in [-0.39, 0.29) is 0 Å². The van der Waals surface area contributed by atoms with E-state index < -0.39 is 0 Å². The topological polar surface area (TPSA) is 41.1 Å². The van der Waals surface area contributed by atoms with Crippen LogP contribution in [0.1, 0.15) is 18.4 Å². The molecule has 0 aromatic carbocycles. The van der Waals surface area contributed by atoms with Crippen LogP contribution in [0.3, 0.4) is 0 Å². The zero-order chi connectivity index (χ0) is 9.54. The molecule has 0 aliphatic carbocycles. The summed E-state index contributed by atoms with van der Waals surface area (Å²) in [5, 5.41) is 11.7. The van der Waals surface area contributed by atoms with Crippen LogP contribution in [0, 0.1) is 6.92 Å². The van der Waals surface area contributed by atoms with Crippen molar-refractivity contribution in [3.63, 3.8) is 0 Å². The maximum Gasteiger partial charge on any atom is 0.175 e. The first-order valence-corrected chi connectivity index (χ1v) is 5.19. The highest BCUT2D eigenvalue weighted by Gasteiger charge is 2.31. The number of rotatable bonds is 0. The highest BCUT2D eigenvalue weighted by Crippen LogP contribution is 2.35. The van der Waals surface area contributed by atoms with Crippen molar-refractivity contribution < 1.29 is 0 Å². The predicted molar refractivity (Wildman–Crippen MR) is 55.6 cm³/mol. The highest BCUT2D eigenvalue weighted by molar-refractivity contribution is 5.71. The van der Waals surface area contributed by atoms with Crippen molar-refractivity contribution in [2.24, 2.45) is 0 Å². The van der Waals surface area contributed by atoms with Crippen LogP contribution in [0.2, 0.25) is 0 Å². The number of fused-ring (bicyclic) bond motifs is 3. The van der Waals surface area contributed by atoms with Gasteiger partial charge in [0.2, 0.25) is 0 Å². The molecule has 74 valence electrons. The lowest BCUT2D eigenvalue weighted by molar-refractivity contribution is 0.668. The van der Waals surface area contributed by atoms with Gasteiger partial charge in [-0.3, -0.25) is 0 Å². The fourth-order valence-corrected chi connectivity index (χ4v) is 2.43. The van der Waals surface area contributed by atoms with Crippen LogP contribution in [0.4, 0.5) is 11.5 Å². The van der Waals surface area contributed by atoms with Gasteiger partial charge < -0.3 is 10.2 Å². The Bertz CT molecular complexity index is 363. The van der Waals surface area contributed by atoms with Crippen LogP contribution in [0.15, 0.2) is 6.20 Å². The normalized spacial score (nSPS) is 24.1. The number of aromatic nitrogens is 2. The molecule has 2 aliphatic rings. The number of nitrogens with zero attached hydrogens (tertiary/aromatic N) is 3. The third kappa shape index (κ3) is 0.997. The fraction of sp³-hybridized carbons (Fsp3) is 0.600. The summed E-state index contributed by atoms with van der Waals surface area (Å²) in [6.45, 7) is 4.27. The lowest BCUT2D eigenvalue weighted by Crippen LogP contribution is -2.40. The van der Waals surface area contributed by atoms with Crippen LogP contribution >= 0.6 is 0 Å². The van der Waals surface area contributed by atoms with Crippen molar-refractivity contribution in [2.45, 2.75) is 25.8 Å². The molecule has 3 heterocycles. The van der Waals surface area contributed by atoms with E-state index in [0.29, 0.717) is 6.04 Å². The number of hydrogen-bond acceptors (Lipinski definition) is 4. The van der Waals surface area contributed by atoms with Crippen LogP contribution in [-0.2, 0) is 0 Å². The van der Waals surface area contributed by atoms with Crippen LogP contribution in [0.25, 0.3) is 0 Å². The molecule has 0 bridgehead atoms. The van der Waals surface area contributed by atoms with E-state index in [2.05, 4.69) is 27.3 Å². The zero-order valence-corrected chi connectivity index (χ0v) is 8.32. The molecule has 0 amide bonds. The summed E-state index contributed by atoms with van der Waals surface area (Å²) in [5.74, 6) is 1.05. The van der Waals surface area contributed by atoms with E-state index in [1.807, 2.05) is 6.20 Å². The Morgan fingerprint density at radius 1 is 1.57 bits per heavy atom. The van der Waals surface area contributed by atoms with Gasteiger partial charge in [-0.25, -0.2) is 0 Å². The summed E-state index contributed by atoms with van der Waals surface area (Å²) in [7, 11) is 0. The zero-order valence-electron chi connectivity index (χ0n) is 8.32. The maximum atomic E-state index is 4.24. The second-order valence-electron chi connectivity index (χ2n) is 4.10. The molecule has 14 heavy (non-hydrogen) atoms. The van der Waals surface area contributed by atoms with Gasteiger partial charge in [-0.05, 0) is 25.3 Å². The molecule has 1 aromatic heterocycles. The first-order chi connectivity index (χ1) is 6.86. The van der Waals surface area contributed by atoms with E-state index in [1.54, 1.807) is 0 Å². The van der Waals surface area contributed by atoms with Gasteiger partial charge in [0.05, 0.1) is 11.9 Å². The van der Waals surface area contributed by atoms with E-state index in [0.717, 1.165) is 18.9 Å². The smallest absolute Gasteiger partial charge is 0.175 e. The SMILES string of the molecule is Cc1cnnc2c1NC[C@@H]1CCCN21. The number of anilines is 2. The average Bonchev–Trinajstić information content (AvgIpc) is 2.66. The average molecular weight is 190 g/mol. The van der Waals surface area contributed by atoms with Gasteiger partial charge in [0, 0.05) is 19.1 Å². The third-order valence-corrected chi connectivity index (χ3v) is 3.19. The first kappa shape index (κ1) is 8.03. The third-order valence-electron chi connectivity index (χ3n) is 3.19. The summed E-state index contributed by atoms with van der Waals surface area (Å²) >= 11 is 0. The Kier molecular flexibility index (Phi) is 1.63. The van der Waals surface area contributed by atoms with Gasteiger partial charge in [0.1, 0.15) is 0 Å². The molecule has 0 radical (unpaired) electrons. The largest absolute Gasteiger partial charge is 0.380 e. The first-order valence-electron chi connectivity index (χ1n) is 5.19. The van der Waals surface area contributed by atoms with Crippen LogP contribution in [-0.4, -0.2) is 29.3 Å². The molecule has 0 saturated carbocycles. The van der Waals surface area contributed by atoms with Gasteiger partial charge in [-0.1, -0.05) is 0 Å². The monoisotopic (exact) mass is 190 g/mol. The molecule has 2 aliphatic heterocycles. The predicted octanol–water partition coefficient (Wildman–Crippen LogP) is 1.18. The Morgan fingerprint density at radius 2 is 2.50 bits per heavy atom. The molecule has 4 heteroatoms. The molecule has 4 nitrogen and oxygen atoms in total. The van der Waals surface area contributed by atoms with E-state index >= 15 is 0 Å². The van der Waals surface area contributed by atoms with E-state index in [9.17, 15) is 0 Å². The molecular weight excluding hydrogens is 176 g/mol. The van der Waals surface area contributed by atoms with Crippen molar-refractivity contribution in [3.05, 3.63) is 11.8 Å². The van der Waals surface area contributed by atoms with Gasteiger partial charge in [0.25, 0.3) is 0 Å². The molecule has 0 unspecified atom stereocenters. The summed E-state index contributed by atoms with van der Waals surface area (Å²) in [4.78, 5) is 2.39. The van der Waals surface area contributed by atoms with Crippen molar-refractivity contribution in [3.8, 4) is 0 Å². The molecule has 1 atom stereocenters. The van der Waals surface area contributed by atoms with Crippen LogP contribution in [0.5, 0.6) is 0 Å². The number of aryl methyl sites for hydroxylation is 1. The van der Waals surface area contributed by atoms with Gasteiger partial charge in [-0.15, -0.1) is 5.10 Å². The second-order valence-corrected chi connectivity index (χ2v) is 4.10. The highest BCUT2D eigenvalue weighted by atomic mass is 15.3. The lowest BCUT2D eigenvalue weighted by atomic mass is 10.1. The fourth-order valence-electron chi connectivity index (χ4n) is 2.43. The Hall–Kier alpha value is -1.32. The van der Waals surface area contributed by atoms with Gasteiger partial charge in [0.15, 0.2) is 5.82 Å². The summed E-state index contributed by atoms with van der Waals surface area (Å²) < 4.78 is 0. The minimum absolute atomic E-state index is 0.638. The molecule has 1 saturated heterocycles. The van der Waals surface area contributed by atoms with E-state index in [1.165, 1.54) is 24.1 Å². The molecule has 1 N–H and O–H groups in total. The summed E-state index contributed by atoms with van der Waals surface area (Å²) in [5.41, 5.74) is 2.37. The second kappa shape index (κ2) is 2.83. The summed E-state index contributed by atoms with van der Waals surface area (Å²) in [6.07, 6.45) is 4.38. The van der Waals surface area contributed by atoms with Crippen LogP contribution < -0.4 is 10.2 Å². The summed E-state index contributed by atoms with van der Waals surface area (Å²) in [6, 6.07) is 0.638. The molecule has 0 spiro atoms. The lowest BCUT2D eigenvalue weighted by Gasteiger charge is -2.33. The number of nitrogens with one attached hydrogen (secondary N) is 1. The minimum Gasteiger partial charge on any atom is -0.380 e. The number of hydrogen-bond donors (Lipinski definition) is 1. The van der Waals surface area contributed by atoms with Crippen molar-refractivity contribution in [1.29, 1.82) is 0 Å². The molecule has 3 rings (SSSR count). The quantitative estimate of drug-likeness (QED) is 0.667. The van der Waals surface area contributed by atoms with Crippen molar-refractivity contribution in [1.82, 2.24) is 10.2 Å². The Morgan fingerprint density at radius 3 is 3.43 bits per heavy atom. The minimum atomic E-state index is 0.638. The Labute approximate surface area is 83.3 Å². The molecule has 1 fully saturated rings. The van der Waals surface area contributed by atoms with Crippen molar-refractivity contribution >= 4 is 11.5 Å². The Balaban J connectivity index is 2.09. The van der Waals surface area contributed by atoms with Crippen molar-refractivity contribution in [2.75, 3.05) is 23.3 Å². The molecular formula is C10H14N4. The standard InChI is InChI=1S/C10H14N4/c1-7-5-12-13-10-9(7)11-6-8-3-2-4-14(8)10/h5,8,11H,2-4,6H2,1H3/t8-/m0/s1. The molecule has 1 aromatic rings.